The Morgan fingerprint density at radius 3 is 1.67 bits per heavy atom. The number of aryl methyl sites for hydroxylation is 2. The summed E-state index contributed by atoms with van der Waals surface area (Å²) in [6.45, 7) is 8.69. The van der Waals surface area contributed by atoms with Crippen molar-refractivity contribution in [2.24, 2.45) is 0 Å². The Hall–Kier alpha value is -2.29. The smallest absolute Gasteiger partial charge is 0.394 e. The molecule has 30 heavy (non-hydrogen) atoms. The van der Waals surface area contributed by atoms with Crippen LogP contribution in [0.15, 0.2) is 36.4 Å². The molecule has 0 aromatic heterocycles. The van der Waals surface area contributed by atoms with Crippen LogP contribution in [0.5, 0.6) is 11.5 Å². The summed E-state index contributed by atoms with van der Waals surface area (Å²) < 4.78 is 11.4. The van der Waals surface area contributed by atoms with E-state index in [2.05, 4.69) is 39.8 Å². The molecule has 0 heterocycles. The van der Waals surface area contributed by atoms with E-state index in [0.717, 1.165) is 75.3 Å². The van der Waals surface area contributed by atoms with Crippen LogP contribution in [0.25, 0.3) is 0 Å². The number of carbonyl (C=O) groups is 1. The maximum absolute atomic E-state index is 12.7. The van der Waals surface area contributed by atoms with E-state index in [9.17, 15) is 4.79 Å². The van der Waals surface area contributed by atoms with E-state index in [4.69, 9.17) is 9.47 Å². The van der Waals surface area contributed by atoms with Crippen LogP contribution in [0.3, 0.4) is 0 Å². The van der Waals surface area contributed by atoms with Gasteiger partial charge in [0.1, 0.15) is 11.5 Å². The third-order valence-corrected chi connectivity index (χ3v) is 5.45. The van der Waals surface area contributed by atoms with Gasteiger partial charge in [-0.05, 0) is 72.9 Å². The van der Waals surface area contributed by atoms with Crippen LogP contribution in [-0.4, -0.2) is 6.16 Å². The second-order valence-corrected chi connectivity index (χ2v) is 7.95. The predicted molar refractivity (Wildman–Crippen MR) is 125 cm³/mol. The first kappa shape index (κ1) is 24.0. The number of benzene rings is 2. The maximum Gasteiger partial charge on any atom is 0.519 e. The molecule has 0 saturated heterocycles. The number of carbonyl (C=O) groups excluding carboxylic acids is 1. The van der Waals surface area contributed by atoms with Gasteiger partial charge >= 0.3 is 6.16 Å². The summed E-state index contributed by atoms with van der Waals surface area (Å²) in [5.41, 5.74) is 4.82. The fraction of sp³-hybridized carbons (Fsp3) is 0.519. The van der Waals surface area contributed by atoms with Gasteiger partial charge in [0.05, 0.1) is 0 Å². The van der Waals surface area contributed by atoms with Gasteiger partial charge in [-0.2, -0.15) is 0 Å². The molecule has 0 aliphatic carbocycles. The standard InChI is InChI=1S/C27H38O3/c1-5-9-15-22-17-12-20-26(24(22)18-10-6-2)30-27(28)29-25-19-11-16-21(13-7-3)23(25)14-8-4/h11-12,16-17,19-20H,5-10,13-15,18H2,1-4H3. The molecule has 2 aromatic rings. The quantitative estimate of drug-likeness (QED) is 0.264. The van der Waals surface area contributed by atoms with Crippen molar-refractivity contribution in [3.05, 3.63) is 58.7 Å². The molecule has 0 aliphatic heterocycles. The van der Waals surface area contributed by atoms with Crippen molar-refractivity contribution in [2.45, 2.75) is 91.9 Å². The molecule has 0 N–H and O–H groups in total. The SMILES string of the molecule is CCCCc1cccc(OC(=O)Oc2cccc(CCC)c2CCC)c1CCCC. The lowest BCUT2D eigenvalue weighted by atomic mass is 9.97. The van der Waals surface area contributed by atoms with E-state index in [1.54, 1.807) is 0 Å². The van der Waals surface area contributed by atoms with Gasteiger partial charge in [0.2, 0.25) is 0 Å². The zero-order valence-corrected chi connectivity index (χ0v) is 19.3. The molecule has 0 amide bonds. The van der Waals surface area contributed by atoms with Crippen LogP contribution in [0.1, 0.15) is 88.5 Å². The predicted octanol–water partition coefficient (Wildman–Crippen LogP) is 7.85. The van der Waals surface area contributed by atoms with Crippen molar-refractivity contribution in [1.82, 2.24) is 0 Å². The highest BCUT2D eigenvalue weighted by Crippen LogP contribution is 2.29. The number of unbranched alkanes of at least 4 members (excludes halogenated alkanes) is 2. The minimum Gasteiger partial charge on any atom is -0.394 e. The lowest BCUT2D eigenvalue weighted by Gasteiger charge is -2.16. The summed E-state index contributed by atoms with van der Waals surface area (Å²) in [6.07, 6.45) is 9.72. The largest absolute Gasteiger partial charge is 0.519 e. The van der Waals surface area contributed by atoms with Crippen molar-refractivity contribution in [1.29, 1.82) is 0 Å². The van der Waals surface area contributed by atoms with E-state index in [-0.39, 0.29) is 0 Å². The molecule has 0 bridgehead atoms. The topological polar surface area (TPSA) is 35.5 Å². The van der Waals surface area contributed by atoms with Gasteiger partial charge in [0.25, 0.3) is 0 Å². The Labute approximate surface area is 182 Å². The van der Waals surface area contributed by atoms with Crippen molar-refractivity contribution >= 4 is 6.16 Å². The molecule has 0 fully saturated rings. The zero-order valence-electron chi connectivity index (χ0n) is 19.3. The number of ether oxygens (including phenoxy) is 2. The first-order chi connectivity index (χ1) is 14.6. The van der Waals surface area contributed by atoms with Crippen molar-refractivity contribution in [2.75, 3.05) is 0 Å². The van der Waals surface area contributed by atoms with Crippen LogP contribution in [-0.2, 0) is 25.7 Å². The molecular formula is C27H38O3. The fourth-order valence-corrected chi connectivity index (χ4v) is 3.89. The molecule has 2 aromatic carbocycles. The first-order valence-electron chi connectivity index (χ1n) is 11.8. The lowest BCUT2D eigenvalue weighted by molar-refractivity contribution is 0.151. The fourth-order valence-electron chi connectivity index (χ4n) is 3.89. The zero-order chi connectivity index (χ0) is 21.8. The van der Waals surface area contributed by atoms with E-state index in [1.807, 2.05) is 24.3 Å². The maximum atomic E-state index is 12.7. The summed E-state index contributed by atoms with van der Waals surface area (Å²) in [6, 6.07) is 12.0. The summed E-state index contributed by atoms with van der Waals surface area (Å²) in [5, 5.41) is 0. The van der Waals surface area contributed by atoms with Crippen molar-refractivity contribution in [3.63, 3.8) is 0 Å². The van der Waals surface area contributed by atoms with Gasteiger partial charge < -0.3 is 9.47 Å². The summed E-state index contributed by atoms with van der Waals surface area (Å²) in [7, 11) is 0. The Balaban J connectivity index is 2.22. The molecule has 3 nitrogen and oxygen atoms in total. The minimum absolute atomic E-state index is 0.630. The lowest BCUT2D eigenvalue weighted by Crippen LogP contribution is -2.16. The highest BCUT2D eigenvalue weighted by atomic mass is 16.7. The first-order valence-corrected chi connectivity index (χ1v) is 11.8. The number of hydrogen-bond acceptors (Lipinski definition) is 3. The molecule has 0 unspecified atom stereocenters. The Morgan fingerprint density at radius 1 is 0.633 bits per heavy atom. The molecule has 0 aliphatic rings. The highest BCUT2D eigenvalue weighted by molar-refractivity contribution is 5.69. The van der Waals surface area contributed by atoms with E-state index in [0.29, 0.717) is 11.5 Å². The van der Waals surface area contributed by atoms with Gasteiger partial charge in [-0.15, -0.1) is 0 Å². The number of hydrogen-bond donors (Lipinski definition) is 0. The van der Waals surface area contributed by atoms with Crippen LogP contribution < -0.4 is 9.47 Å². The molecule has 0 atom stereocenters. The van der Waals surface area contributed by atoms with E-state index >= 15 is 0 Å². The average Bonchev–Trinajstić information content (AvgIpc) is 2.74. The second kappa shape index (κ2) is 13.1. The summed E-state index contributed by atoms with van der Waals surface area (Å²) in [4.78, 5) is 12.7. The van der Waals surface area contributed by atoms with Crippen molar-refractivity contribution in [3.8, 4) is 11.5 Å². The molecule has 0 radical (unpaired) electrons. The monoisotopic (exact) mass is 410 g/mol. The Bertz CT molecular complexity index is 795. The van der Waals surface area contributed by atoms with Gasteiger partial charge in [0.15, 0.2) is 0 Å². The molecule has 0 spiro atoms. The molecule has 0 saturated carbocycles. The molecule has 2 rings (SSSR count). The highest BCUT2D eigenvalue weighted by Gasteiger charge is 2.17. The van der Waals surface area contributed by atoms with Crippen LogP contribution >= 0.6 is 0 Å². The third kappa shape index (κ3) is 6.90. The summed E-state index contributed by atoms with van der Waals surface area (Å²) >= 11 is 0. The van der Waals surface area contributed by atoms with Gasteiger partial charge in [-0.25, -0.2) is 4.79 Å². The van der Waals surface area contributed by atoms with Gasteiger partial charge in [-0.1, -0.05) is 77.6 Å². The van der Waals surface area contributed by atoms with Crippen LogP contribution in [0.2, 0.25) is 0 Å². The molecule has 164 valence electrons. The molecular weight excluding hydrogens is 372 g/mol. The normalized spacial score (nSPS) is 10.8. The Kier molecular flexibility index (Phi) is 10.5. The van der Waals surface area contributed by atoms with Gasteiger partial charge in [-0.3, -0.25) is 0 Å². The van der Waals surface area contributed by atoms with E-state index < -0.39 is 6.16 Å². The minimum atomic E-state index is -0.647. The molecule has 3 heteroatoms. The summed E-state index contributed by atoms with van der Waals surface area (Å²) in [5.74, 6) is 1.27. The number of rotatable bonds is 12. The second-order valence-electron chi connectivity index (χ2n) is 7.95. The average molecular weight is 411 g/mol. The van der Waals surface area contributed by atoms with Crippen LogP contribution in [0.4, 0.5) is 4.79 Å². The van der Waals surface area contributed by atoms with E-state index in [1.165, 1.54) is 11.1 Å². The Morgan fingerprint density at radius 2 is 1.13 bits per heavy atom. The van der Waals surface area contributed by atoms with Crippen molar-refractivity contribution < 1.29 is 14.3 Å². The third-order valence-electron chi connectivity index (χ3n) is 5.45. The van der Waals surface area contributed by atoms with Crippen LogP contribution in [0, 0.1) is 0 Å². The van der Waals surface area contributed by atoms with Gasteiger partial charge in [0, 0.05) is 0 Å².